The van der Waals surface area contributed by atoms with E-state index in [4.69, 9.17) is 13.9 Å². The fourth-order valence-corrected chi connectivity index (χ4v) is 3.17. The van der Waals surface area contributed by atoms with Crippen molar-refractivity contribution in [2.75, 3.05) is 5.43 Å². The maximum absolute atomic E-state index is 13.1. The van der Waals surface area contributed by atoms with E-state index in [9.17, 15) is 14.4 Å². The minimum absolute atomic E-state index is 0.0420. The fourth-order valence-electron chi connectivity index (χ4n) is 3.17. The van der Waals surface area contributed by atoms with Gasteiger partial charge in [0.1, 0.15) is 28.1 Å². The van der Waals surface area contributed by atoms with Crippen LogP contribution in [-0.2, 0) is 9.59 Å². The average molecular weight is 430 g/mol. The number of benzene rings is 3. The van der Waals surface area contributed by atoms with Crippen molar-refractivity contribution >= 4 is 45.8 Å². The number of hydrogen-bond acceptors (Lipinski definition) is 8. The van der Waals surface area contributed by atoms with Crippen LogP contribution in [0.25, 0.3) is 21.9 Å². The zero-order valence-corrected chi connectivity index (χ0v) is 17.2. The standard InChI is InChI=1S/C24H18N2O6/c1-14(27)30-18-11-21(31-15(2)28)23-22(12-18)32-20-10-16(8-9-19(20)24(23)29)13-25-26-17-6-4-3-5-7-17/h3-13,26H,1-2H3/b25-13+. The van der Waals surface area contributed by atoms with Gasteiger partial charge in [0.2, 0.25) is 5.43 Å². The number of rotatable bonds is 5. The van der Waals surface area contributed by atoms with Crippen LogP contribution < -0.4 is 20.3 Å². The Bertz CT molecular complexity index is 1420. The van der Waals surface area contributed by atoms with E-state index in [1.54, 1.807) is 24.4 Å². The molecule has 0 aliphatic rings. The van der Waals surface area contributed by atoms with Gasteiger partial charge >= 0.3 is 11.9 Å². The number of esters is 2. The lowest BCUT2D eigenvalue weighted by atomic mass is 10.1. The van der Waals surface area contributed by atoms with Crippen LogP contribution in [0.15, 0.2) is 75.0 Å². The average Bonchev–Trinajstić information content (AvgIpc) is 2.73. The first-order valence-corrected chi connectivity index (χ1v) is 9.66. The summed E-state index contributed by atoms with van der Waals surface area (Å²) in [4.78, 5) is 36.0. The number of hydrazone groups is 1. The molecule has 0 saturated carbocycles. The summed E-state index contributed by atoms with van der Waals surface area (Å²) >= 11 is 0. The van der Waals surface area contributed by atoms with E-state index >= 15 is 0 Å². The largest absolute Gasteiger partial charge is 0.456 e. The Labute approximate surface area is 182 Å². The lowest BCUT2D eigenvalue weighted by molar-refractivity contribution is -0.132. The highest BCUT2D eigenvalue weighted by Crippen LogP contribution is 2.32. The van der Waals surface area contributed by atoms with Gasteiger partial charge in [-0.1, -0.05) is 24.3 Å². The van der Waals surface area contributed by atoms with Crippen LogP contribution in [0.1, 0.15) is 19.4 Å². The van der Waals surface area contributed by atoms with E-state index in [1.165, 1.54) is 26.0 Å². The van der Waals surface area contributed by atoms with Gasteiger partial charge in [-0.05, 0) is 29.8 Å². The quantitative estimate of drug-likeness (QED) is 0.166. The molecule has 0 unspecified atom stereocenters. The number of para-hydroxylation sites is 1. The predicted octanol–water partition coefficient (Wildman–Crippen LogP) is 4.24. The third-order valence-electron chi connectivity index (χ3n) is 4.43. The molecule has 0 atom stereocenters. The molecule has 0 spiro atoms. The van der Waals surface area contributed by atoms with Crippen molar-refractivity contribution in [1.29, 1.82) is 0 Å². The van der Waals surface area contributed by atoms with Gasteiger partial charge in [-0.2, -0.15) is 5.10 Å². The molecule has 0 radical (unpaired) electrons. The van der Waals surface area contributed by atoms with E-state index in [-0.39, 0.29) is 27.9 Å². The molecule has 1 heterocycles. The van der Waals surface area contributed by atoms with Crippen molar-refractivity contribution in [3.63, 3.8) is 0 Å². The summed E-state index contributed by atoms with van der Waals surface area (Å²) in [7, 11) is 0. The number of nitrogens with zero attached hydrogens (tertiary/aromatic N) is 1. The molecular weight excluding hydrogens is 412 g/mol. The third kappa shape index (κ3) is 4.49. The maximum atomic E-state index is 13.1. The highest BCUT2D eigenvalue weighted by molar-refractivity contribution is 5.97. The maximum Gasteiger partial charge on any atom is 0.308 e. The van der Waals surface area contributed by atoms with Crippen LogP contribution in [0.2, 0.25) is 0 Å². The fraction of sp³-hybridized carbons (Fsp3) is 0.0833. The van der Waals surface area contributed by atoms with Gasteiger partial charge in [-0.25, -0.2) is 0 Å². The van der Waals surface area contributed by atoms with Gasteiger partial charge in [-0.15, -0.1) is 0 Å². The number of carbonyl (C=O) groups is 2. The van der Waals surface area contributed by atoms with Crippen LogP contribution in [0.4, 0.5) is 5.69 Å². The summed E-state index contributed by atoms with van der Waals surface area (Å²) in [6, 6.07) is 17.2. The molecule has 32 heavy (non-hydrogen) atoms. The Morgan fingerprint density at radius 3 is 2.41 bits per heavy atom. The normalized spacial score (nSPS) is 11.1. The van der Waals surface area contributed by atoms with Crippen LogP contribution in [0.5, 0.6) is 11.5 Å². The summed E-state index contributed by atoms with van der Waals surface area (Å²) in [6.07, 6.45) is 1.59. The third-order valence-corrected chi connectivity index (χ3v) is 4.43. The summed E-state index contributed by atoms with van der Waals surface area (Å²) < 4.78 is 16.2. The zero-order valence-electron chi connectivity index (χ0n) is 17.2. The highest BCUT2D eigenvalue weighted by atomic mass is 16.5. The van der Waals surface area contributed by atoms with Gasteiger partial charge in [-0.3, -0.25) is 19.8 Å². The Balaban J connectivity index is 1.79. The Hall–Kier alpha value is -4.46. The molecule has 8 heteroatoms. The van der Waals surface area contributed by atoms with Gasteiger partial charge < -0.3 is 13.9 Å². The van der Waals surface area contributed by atoms with Crippen LogP contribution in [-0.4, -0.2) is 18.2 Å². The van der Waals surface area contributed by atoms with Crippen molar-refractivity contribution in [2.45, 2.75) is 13.8 Å². The molecule has 4 aromatic rings. The van der Waals surface area contributed by atoms with E-state index in [2.05, 4.69) is 10.5 Å². The summed E-state index contributed by atoms with van der Waals surface area (Å²) in [5, 5.41) is 4.57. The Kier molecular flexibility index (Phi) is 5.67. The molecule has 0 amide bonds. The van der Waals surface area contributed by atoms with E-state index < -0.39 is 11.9 Å². The second-order valence-electron chi connectivity index (χ2n) is 6.90. The van der Waals surface area contributed by atoms with Crippen molar-refractivity contribution < 1.29 is 23.5 Å². The highest BCUT2D eigenvalue weighted by Gasteiger charge is 2.17. The smallest absolute Gasteiger partial charge is 0.308 e. The van der Waals surface area contributed by atoms with Crippen molar-refractivity contribution in [3.8, 4) is 11.5 Å². The number of anilines is 1. The molecular formula is C24H18N2O6. The van der Waals surface area contributed by atoms with E-state index in [1.807, 2.05) is 30.3 Å². The first-order valence-electron chi connectivity index (χ1n) is 9.66. The minimum Gasteiger partial charge on any atom is -0.456 e. The number of nitrogens with one attached hydrogen (secondary N) is 1. The van der Waals surface area contributed by atoms with Crippen LogP contribution in [0.3, 0.4) is 0 Å². The van der Waals surface area contributed by atoms with E-state index in [0.29, 0.717) is 16.5 Å². The topological polar surface area (TPSA) is 107 Å². The monoisotopic (exact) mass is 430 g/mol. The zero-order chi connectivity index (χ0) is 22.7. The summed E-state index contributed by atoms with van der Waals surface area (Å²) in [5.41, 5.74) is 4.49. The van der Waals surface area contributed by atoms with Crippen LogP contribution in [0, 0.1) is 0 Å². The van der Waals surface area contributed by atoms with Gasteiger partial charge in [0.05, 0.1) is 17.3 Å². The first-order chi connectivity index (χ1) is 15.4. The predicted molar refractivity (Wildman–Crippen MR) is 120 cm³/mol. The summed E-state index contributed by atoms with van der Waals surface area (Å²) in [5.74, 6) is -1.14. The molecule has 4 rings (SSSR count). The van der Waals surface area contributed by atoms with Crippen LogP contribution >= 0.6 is 0 Å². The molecule has 0 bridgehead atoms. The van der Waals surface area contributed by atoms with Gasteiger partial charge in [0.15, 0.2) is 0 Å². The Morgan fingerprint density at radius 1 is 0.938 bits per heavy atom. The van der Waals surface area contributed by atoms with Crippen molar-refractivity contribution in [1.82, 2.24) is 0 Å². The van der Waals surface area contributed by atoms with Gasteiger partial charge in [0.25, 0.3) is 0 Å². The minimum atomic E-state index is -0.622. The lowest BCUT2D eigenvalue weighted by Gasteiger charge is -2.10. The molecule has 0 fully saturated rings. The molecule has 0 saturated heterocycles. The first kappa shape index (κ1) is 20.8. The molecule has 1 aromatic heterocycles. The second kappa shape index (κ2) is 8.73. The number of carbonyl (C=O) groups excluding carboxylic acids is 2. The molecule has 1 N–H and O–H groups in total. The number of ether oxygens (including phenoxy) is 2. The van der Waals surface area contributed by atoms with Crippen molar-refractivity contribution in [3.05, 3.63) is 76.5 Å². The molecule has 0 aliphatic carbocycles. The summed E-state index contributed by atoms with van der Waals surface area (Å²) in [6.45, 7) is 2.45. The SMILES string of the molecule is CC(=O)Oc1cc(OC(C)=O)c2c(=O)c3ccc(/C=N/Nc4ccccc4)cc3oc2c1. The Morgan fingerprint density at radius 2 is 1.69 bits per heavy atom. The molecule has 0 aliphatic heterocycles. The molecule has 3 aromatic carbocycles. The van der Waals surface area contributed by atoms with Crippen molar-refractivity contribution in [2.24, 2.45) is 5.10 Å². The van der Waals surface area contributed by atoms with E-state index in [0.717, 1.165) is 5.69 Å². The number of fused-ring (bicyclic) bond motifs is 2. The molecule has 8 nitrogen and oxygen atoms in total. The molecule has 160 valence electrons. The van der Waals surface area contributed by atoms with Gasteiger partial charge in [0, 0.05) is 26.0 Å². The second-order valence-corrected chi connectivity index (χ2v) is 6.90. The lowest BCUT2D eigenvalue weighted by Crippen LogP contribution is -2.09. The number of hydrogen-bond donors (Lipinski definition) is 1.